The Bertz CT molecular complexity index is 586. The molecule has 1 unspecified atom stereocenters. The zero-order chi connectivity index (χ0) is 16.2. The summed E-state index contributed by atoms with van der Waals surface area (Å²) in [6.07, 6.45) is 9.44. The summed E-state index contributed by atoms with van der Waals surface area (Å²) in [7, 11) is -2.35. The Morgan fingerprint density at radius 3 is 2.59 bits per heavy atom. The Morgan fingerprint density at radius 2 is 1.95 bits per heavy atom. The second-order valence-electron chi connectivity index (χ2n) is 6.43. The molecule has 3 nitrogen and oxygen atoms in total. The quantitative estimate of drug-likeness (QED) is 0.755. The first kappa shape index (κ1) is 17.5. The first-order chi connectivity index (χ1) is 10.4. The Labute approximate surface area is 133 Å². The number of benzene rings is 1. The molecule has 1 aromatic rings. The van der Waals surface area contributed by atoms with Crippen molar-refractivity contribution in [3.63, 3.8) is 0 Å². The summed E-state index contributed by atoms with van der Waals surface area (Å²) in [5, 5.41) is 0. The number of rotatable bonds is 5. The third-order valence-electron chi connectivity index (χ3n) is 4.54. The van der Waals surface area contributed by atoms with Gasteiger partial charge in [-0.15, -0.1) is 0 Å². The molecule has 1 atom stereocenters. The van der Waals surface area contributed by atoms with Gasteiger partial charge in [-0.1, -0.05) is 49.8 Å². The maximum atomic E-state index is 11.7. The number of hydrogen-bond donors (Lipinski definition) is 1. The van der Waals surface area contributed by atoms with Gasteiger partial charge in [-0.05, 0) is 49.0 Å². The minimum atomic E-state index is -3.61. The van der Waals surface area contributed by atoms with E-state index >= 15 is 0 Å². The Hall–Kier alpha value is -0.890. The molecule has 0 aliphatic heterocycles. The molecule has 2 rings (SSSR count). The van der Waals surface area contributed by atoms with E-state index in [2.05, 4.69) is 30.5 Å². The van der Waals surface area contributed by atoms with Crippen molar-refractivity contribution in [3.8, 4) is 0 Å². The molecule has 122 valence electrons. The summed E-state index contributed by atoms with van der Waals surface area (Å²) in [4.78, 5) is 9.59. The lowest BCUT2D eigenvalue weighted by atomic mass is 9.83. The second kappa shape index (κ2) is 7.59. The maximum absolute atomic E-state index is 11.7. The van der Waals surface area contributed by atoms with Crippen LogP contribution in [-0.4, -0.2) is 12.0 Å². The first-order valence-corrected chi connectivity index (χ1v) is 9.73. The van der Waals surface area contributed by atoms with Crippen molar-refractivity contribution in [1.82, 2.24) is 0 Å². The summed E-state index contributed by atoms with van der Waals surface area (Å²) in [5.74, 6) is 2.04. The molecule has 0 saturated heterocycles. The van der Waals surface area contributed by atoms with Crippen molar-refractivity contribution in [3.05, 3.63) is 40.2 Å². The van der Waals surface area contributed by atoms with Crippen LogP contribution in [0, 0.1) is 19.8 Å². The number of hydrogen-bond acceptors (Lipinski definition) is 2. The summed E-state index contributed by atoms with van der Waals surface area (Å²) in [6, 6.07) is 4.34. The molecule has 0 aromatic heterocycles. The average molecular weight is 322 g/mol. The van der Waals surface area contributed by atoms with Crippen molar-refractivity contribution in [2.45, 2.75) is 52.4 Å². The molecule has 1 aliphatic rings. The largest absolute Gasteiger partial charge is 0.351 e. The highest BCUT2D eigenvalue weighted by molar-refractivity contribution is 7.56. The van der Waals surface area contributed by atoms with E-state index in [1.807, 2.05) is 0 Å². The van der Waals surface area contributed by atoms with Crippen LogP contribution in [0.15, 0.2) is 17.9 Å². The van der Waals surface area contributed by atoms with E-state index in [1.165, 1.54) is 56.2 Å². The van der Waals surface area contributed by atoms with Crippen LogP contribution in [-0.2, 0) is 15.5 Å². The van der Waals surface area contributed by atoms with Gasteiger partial charge < -0.3 is 9.42 Å². The van der Waals surface area contributed by atoms with Crippen molar-refractivity contribution in [1.29, 1.82) is 0 Å². The van der Waals surface area contributed by atoms with Crippen molar-refractivity contribution in [2.75, 3.05) is 7.11 Å². The molecule has 0 bridgehead atoms. The Balaban J connectivity index is 2.29. The van der Waals surface area contributed by atoms with E-state index in [-0.39, 0.29) is 0 Å². The third-order valence-corrected chi connectivity index (χ3v) is 5.59. The summed E-state index contributed by atoms with van der Waals surface area (Å²) < 4.78 is 16.3. The van der Waals surface area contributed by atoms with E-state index in [4.69, 9.17) is 0 Å². The van der Waals surface area contributed by atoms with E-state index in [0.717, 1.165) is 23.5 Å². The third kappa shape index (κ3) is 4.81. The average Bonchev–Trinajstić information content (AvgIpc) is 2.47. The molecule has 1 aliphatic carbocycles. The van der Waals surface area contributed by atoms with E-state index in [0.29, 0.717) is 0 Å². The molecular formula is C18H27O3P. The van der Waals surface area contributed by atoms with Gasteiger partial charge >= 0.3 is 7.60 Å². The van der Waals surface area contributed by atoms with Crippen LogP contribution in [0.3, 0.4) is 0 Å². The highest BCUT2D eigenvalue weighted by Crippen LogP contribution is 2.43. The molecule has 0 radical (unpaired) electrons. The highest BCUT2D eigenvalue weighted by Gasteiger charge is 2.17. The van der Waals surface area contributed by atoms with Crippen LogP contribution in [0.2, 0.25) is 0 Å². The molecular weight excluding hydrogens is 295 g/mol. The molecule has 1 fully saturated rings. The molecule has 22 heavy (non-hydrogen) atoms. The van der Waals surface area contributed by atoms with Crippen LogP contribution in [0.4, 0.5) is 0 Å². The Morgan fingerprint density at radius 1 is 1.27 bits per heavy atom. The minimum absolute atomic E-state index is 0.741. The van der Waals surface area contributed by atoms with Gasteiger partial charge in [0.2, 0.25) is 0 Å². The first-order valence-electron chi connectivity index (χ1n) is 8.09. The molecule has 1 aromatic carbocycles. The lowest BCUT2D eigenvalue weighted by Crippen LogP contribution is -2.10. The van der Waals surface area contributed by atoms with Gasteiger partial charge in [0.15, 0.2) is 0 Å². The zero-order valence-corrected chi connectivity index (χ0v) is 14.7. The van der Waals surface area contributed by atoms with Crippen LogP contribution >= 0.6 is 7.60 Å². The van der Waals surface area contributed by atoms with Gasteiger partial charge in [-0.2, -0.15) is 0 Å². The predicted octanol–water partition coefficient (Wildman–Crippen LogP) is 5.23. The van der Waals surface area contributed by atoms with E-state index < -0.39 is 7.60 Å². The SMILES string of the molecule is COP(=O)(O)/C=C/c1c(C)cc(C)cc1CC1CCCCC1. The second-order valence-corrected chi connectivity index (χ2v) is 8.22. The van der Waals surface area contributed by atoms with Crippen molar-refractivity contribution >= 4 is 13.7 Å². The van der Waals surface area contributed by atoms with Gasteiger partial charge in [0.25, 0.3) is 0 Å². The highest BCUT2D eigenvalue weighted by atomic mass is 31.2. The maximum Gasteiger partial charge on any atom is 0.351 e. The molecule has 0 spiro atoms. The monoisotopic (exact) mass is 322 g/mol. The lowest BCUT2D eigenvalue weighted by molar-refractivity contribution is 0.327. The topological polar surface area (TPSA) is 46.5 Å². The van der Waals surface area contributed by atoms with Gasteiger partial charge in [0, 0.05) is 12.9 Å². The van der Waals surface area contributed by atoms with Gasteiger partial charge in [-0.3, -0.25) is 4.57 Å². The van der Waals surface area contributed by atoms with E-state index in [9.17, 15) is 9.46 Å². The minimum Gasteiger partial charge on any atom is -0.321 e. The summed E-state index contributed by atoms with van der Waals surface area (Å²) in [6.45, 7) is 4.17. The molecule has 1 saturated carbocycles. The fourth-order valence-electron chi connectivity index (χ4n) is 3.41. The molecule has 0 heterocycles. The normalized spacial score (nSPS) is 19.5. The molecule has 4 heteroatoms. The van der Waals surface area contributed by atoms with Crippen molar-refractivity contribution < 1.29 is 14.0 Å². The zero-order valence-electron chi connectivity index (χ0n) is 13.8. The van der Waals surface area contributed by atoms with Crippen LogP contribution in [0.5, 0.6) is 0 Å². The van der Waals surface area contributed by atoms with Crippen molar-refractivity contribution in [2.24, 2.45) is 5.92 Å². The Kier molecular flexibility index (Phi) is 6.02. The lowest BCUT2D eigenvalue weighted by Gasteiger charge is -2.23. The standard InChI is InChI=1S/C18H27O3P/c1-14-11-15(2)18(9-10-22(19,20)21-3)17(12-14)13-16-7-5-4-6-8-16/h9-12,16H,4-8,13H2,1-3H3,(H,19,20)/b10-9+. The molecule has 1 N–H and O–H groups in total. The van der Waals surface area contributed by atoms with Crippen LogP contribution in [0.25, 0.3) is 6.08 Å². The predicted molar refractivity (Wildman–Crippen MR) is 92.1 cm³/mol. The smallest absolute Gasteiger partial charge is 0.321 e. The summed E-state index contributed by atoms with van der Waals surface area (Å²) >= 11 is 0. The number of aryl methyl sites for hydroxylation is 2. The van der Waals surface area contributed by atoms with E-state index in [1.54, 1.807) is 6.08 Å². The van der Waals surface area contributed by atoms with Gasteiger partial charge in [0.05, 0.1) is 0 Å². The fraction of sp³-hybridized carbons (Fsp3) is 0.556. The molecule has 0 amide bonds. The van der Waals surface area contributed by atoms with Gasteiger partial charge in [0.1, 0.15) is 0 Å². The van der Waals surface area contributed by atoms with Crippen LogP contribution < -0.4 is 0 Å². The fourth-order valence-corrected chi connectivity index (χ4v) is 3.87. The summed E-state index contributed by atoms with van der Waals surface area (Å²) in [5.41, 5.74) is 4.76. The van der Waals surface area contributed by atoms with Crippen LogP contribution in [0.1, 0.15) is 54.4 Å². The van der Waals surface area contributed by atoms with Gasteiger partial charge in [-0.25, -0.2) is 0 Å².